The lowest BCUT2D eigenvalue weighted by Gasteiger charge is -2.10. The van der Waals surface area contributed by atoms with Gasteiger partial charge in [-0.05, 0) is 24.6 Å². The topological polar surface area (TPSA) is 114 Å². The Morgan fingerprint density at radius 3 is 2.58 bits per heavy atom. The fourth-order valence-corrected chi connectivity index (χ4v) is 5.14. The van der Waals surface area contributed by atoms with E-state index in [1.165, 1.54) is 35.9 Å². The summed E-state index contributed by atoms with van der Waals surface area (Å²) < 4.78 is 14.6. The minimum Gasteiger partial charge on any atom is -0.476 e. The molecule has 0 amide bonds. The van der Waals surface area contributed by atoms with Gasteiger partial charge in [0.15, 0.2) is 5.71 Å². The molecule has 3 N–H and O–H groups in total. The smallest absolute Gasteiger partial charge is 0.355 e. The van der Waals surface area contributed by atoms with E-state index in [0.29, 0.717) is 16.8 Å². The third kappa shape index (κ3) is 5.53. The van der Waals surface area contributed by atoms with Crippen molar-refractivity contribution in [2.24, 2.45) is 10.7 Å². The molecule has 0 spiro atoms. The van der Waals surface area contributed by atoms with E-state index in [2.05, 4.69) is 19.9 Å². The first-order chi connectivity index (χ1) is 14.8. The number of hydrogen-bond donors (Lipinski definition) is 2. The summed E-state index contributed by atoms with van der Waals surface area (Å²) in [6, 6.07) is 5.57. The fraction of sp³-hybridized carbons (Fsp3) is 0.190. The van der Waals surface area contributed by atoms with Crippen molar-refractivity contribution < 1.29 is 14.3 Å². The summed E-state index contributed by atoms with van der Waals surface area (Å²) >= 11 is 2.85. The van der Waals surface area contributed by atoms with Crippen LogP contribution >= 0.6 is 23.1 Å². The predicted molar refractivity (Wildman–Crippen MR) is 122 cm³/mol. The molecule has 0 aliphatic heterocycles. The molecule has 3 rings (SSSR count). The first-order valence-electron chi connectivity index (χ1n) is 9.23. The normalized spacial score (nSPS) is 12.7. The molecule has 7 nitrogen and oxygen atoms in total. The predicted octanol–water partition coefficient (Wildman–Crippen LogP) is 4.79. The van der Waals surface area contributed by atoms with E-state index in [0.717, 1.165) is 4.21 Å². The van der Waals surface area contributed by atoms with Crippen molar-refractivity contribution in [2.75, 3.05) is 0 Å². The van der Waals surface area contributed by atoms with Crippen molar-refractivity contribution in [1.29, 1.82) is 0 Å². The molecule has 1 aromatic carbocycles. The number of aliphatic imine (C=N–C) groups is 1. The average molecular weight is 458 g/mol. The van der Waals surface area contributed by atoms with Gasteiger partial charge in [-0.25, -0.2) is 29.1 Å². The SMILES string of the molecule is CC(N)=C(C(=Nc1nc(-c2cncnc2)c(SC(C)C)s1)C(=O)O)c1cccc(F)c1. The van der Waals surface area contributed by atoms with Crippen molar-refractivity contribution in [1.82, 2.24) is 15.0 Å². The Morgan fingerprint density at radius 2 is 2.00 bits per heavy atom. The number of nitrogens with two attached hydrogens (primary N) is 1. The molecule has 0 aliphatic carbocycles. The third-order valence-electron chi connectivity index (χ3n) is 3.92. The maximum Gasteiger partial charge on any atom is 0.355 e. The van der Waals surface area contributed by atoms with Crippen molar-refractivity contribution in [3.05, 3.63) is 60.1 Å². The highest BCUT2D eigenvalue weighted by Gasteiger charge is 2.22. The van der Waals surface area contributed by atoms with Crippen LogP contribution in [0.5, 0.6) is 0 Å². The van der Waals surface area contributed by atoms with E-state index in [1.807, 2.05) is 13.8 Å². The molecular weight excluding hydrogens is 437 g/mol. The third-order valence-corrected chi connectivity index (χ3v) is 6.08. The van der Waals surface area contributed by atoms with Crippen LogP contribution in [0.2, 0.25) is 0 Å². The number of carbonyl (C=O) groups is 1. The second-order valence-electron chi connectivity index (χ2n) is 6.76. The summed E-state index contributed by atoms with van der Waals surface area (Å²) in [5.74, 6) is -1.79. The van der Waals surface area contributed by atoms with Crippen LogP contribution in [0.25, 0.3) is 16.8 Å². The fourth-order valence-electron chi connectivity index (χ4n) is 2.74. The quantitative estimate of drug-likeness (QED) is 0.387. The molecule has 10 heteroatoms. The molecule has 0 atom stereocenters. The molecule has 0 bridgehead atoms. The zero-order valence-electron chi connectivity index (χ0n) is 17.0. The number of thioether (sulfide) groups is 1. The number of aliphatic carboxylic acids is 1. The Bertz CT molecular complexity index is 1160. The molecule has 0 unspecified atom stereocenters. The number of nitrogens with zero attached hydrogens (tertiary/aromatic N) is 4. The van der Waals surface area contributed by atoms with Crippen LogP contribution in [-0.4, -0.2) is 37.0 Å². The van der Waals surface area contributed by atoms with Gasteiger partial charge >= 0.3 is 5.97 Å². The Hall–Kier alpha value is -3.11. The highest BCUT2D eigenvalue weighted by Crippen LogP contribution is 2.41. The van der Waals surface area contributed by atoms with Gasteiger partial charge in [-0.1, -0.05) is 37.3 Å². The molecule has 0 radical (unpaired) electrons. The van der Waals surface area contributed by atoms with Crippen molar-refractivity contribution in [2.45, 2.75) is 30.2 Å². The maximum absolute atomic E-state index is 13.8. The number of carboxylic acids is 1. The molecule has 31 heavy (non-hydrogen) atoms. The van der Waals surface area contributed by atoms with Crippen LogP contribution in [-0.2, 0) is 4.79 Å². The van der Waals surface area contributed by atoms with Crippen molar-refractivity contribution in [3.8, 4) is 11.3 Å². The van der Waals surface area contributed by atoms with E-state index in [9.17, 15) is 14.3 Å². The number of allylic oxidation sites excluding steroid dienone is 1. The number of hydrogen-bond acceptors (Lipinski definition) is 8. The molecule has 160 valence electrons. The first-order valence-corrected chi connectivity index (χ1v) is 10.9. The van der Waals surface area contributed by atoms with E-state index in [1.54, 1.807) is 37.1 Å². The van der Waals surface area contributed by atoms with Crippen LogP contribution in [0.15, 0.2) is 57.9 Å². The number of aromatic nitrogens is 3. The average Bonchev–Trinajstić information content (AvgIpc) is 3.09. The lowest BCUT2D eigenvalue weighted by Crippen LogP contribution is -2.18. The van der Waals surface area contributed by atoms with Crippen LogP contribution in [0.4, 0.5) is 9.52 Å². The minimum atomic E-state index is -1.29. The zero-order valence-corrected chi connectivity index (χ0v) is 18.7. The van der Waals surface area contributed by atoms with Gasteiger partial charge in [0.1, 0.15) is 17.8 Å². The number of benzene rings is 1. The lowest BCUT2D eigenvalue weighted by molar-refractivity contribution is -0.129. The number of carboxylic acid groups (broad SMARTS) is 1. The summed E-state index contributed by atoms with van der Waals surface area (Å²) in [7, 11) is 0. The van der Waals surface area contributed by atoms with Crippen molar-refractivity contribution in [3.63, 3.8) is 0 Å². The zero-order chi connectivity index (χ0) is 22.5. The summed E-state index contributed by atoms with van der Waals surface area (Å²) in [6.07, 6.45) is 4.70. The van der Waals surface area contributed by atoms with E-state index in [4.69, 9.17) is 5.73 Å². The van der Waals surface area contributed by atoms with Crippen LogP contribution in [0.3, 0.4) is 0 Å². The van der Waals surface area contributed by atoms with Gasteiger partial charge in [-0.2, -0.15) is 0 Å². The molecular formula is C21H20FN5O2S2. The highest BCUT2D eigenvalue weighted by atomic mass is 32.2. The second kappa shape index (κ2) is 9.80. The van der Waals surface area contributed by atoms with Gasteiger partial charge in [-0.15, -0.1) is 11.8 Å². The van der Waals surface area contributed by atoms with Gasteiger partial charge < -0.3 is 10.8 Å². The molecule has 2 aromatic heterocycles. The second-order valence-corrected chi connectivity index (χ2v) is 9.58. The summed E-state index contributed by atoms with van der Waals surface area (Å²) in [4.78, 5) is 29.0. The highest BCUT2D eigenvalue weighted by molar-refractivity contribution is 8.01. The van der Waals surface area contributed by atoms with Gasteiger partial charge in [-0.3, -0.25) is 0 Å². The van der Waals surface area contributed by atoms with Crippen molar-refractivity contribution >= 4 is 45.5 Å². The number of thiazole rings is 1. The Morgan fingerprint density at radius 1 is 1.29 bits per heavy atom. The van der Waals surface area contributed by atoms with Gasteiger partial charge in [0, 0.05) is 34.5 Å². The van der Waals surface area contributed by atoms with Crippen LogP contribution in [0.1, 0.15) is 26.3 Å². The van der Waals surface area contributed by atoms with Gasteiger partial charge in [0.05, 0.1) is 4.21 Å². The molecule has 0 saturated heterocycles. The molecule has 0 fully saturated rings. The maximum atomic E-state index is 13.8. The Labute approximate surface area is 187 Å². The van der Waals surface area contributed by atoms with Gasteiger partial charge in [0.25, 0.3) is 0 Å². The van der Waals surface area contributed by atoms with Gasteiger partial charge in [0.2, 0.25) is 5.13 Å². The molecule has 0 aliphatic rings. The molecule has 3 aromatic rings. The lowest BCUT2D eigenvalue weighted by atomic mass is 9.99. The summed E-state index contributed by atoms with van der Waals surface area (Å²) in [5, 5.41) is 10.4. The Kier molecular flexibility index (Phi) is 7.13. The molecule has 2 heterocycles. The van der Waals surface area contributed by atoms with E-state index >= 15 is 0 Å². The largest absolute Gasteiger partial charge is 0.476 e. The number of rotatable bonds is 7. The van der Waals surface area contributed by atoms with E-state index in [-0.39, 0.29) is 27.4 Å². The van der Waals surface area contributed by atoms with Crippen LogP contribution in [0, 0.1) is 5.82 Å². The standard InChI is InChI=1S/C21H20FN5O2S2/c1-11(2)30-20-17(14-8-24-10-25-9-14)26-21(31-20)27-18(19(28)29)16(12(3)23)13-5-4-6-15(22)7-13/h4-11H,23H2,1-3H3,(H,28,29). The van der Waals surface area contributed by atoms with E-state index < -0.39 is 11.8 Å². The number of halogens is 1. The first kappa shape index (κ1) is 22.6. The monoisotopic (exact) mass is 457 g/mol. The van der Waals surface area contributed by atoms with Crippen LogP contribution < -0.4 is 5.73 Å². The summed E-state index contributed by atoms with van der Waals surface area (Å²) in [5.41, 5.74) is 7.68. The minimum absolute atomic E-state index is 0.143. The molecule has 0 saturated carbocycles. The summed E-state index contributed by atoms with van der Waals surface area (Å²) in [6.45, 7) is 5.64. The Balaban J connectivity index is 2.15.